The van der Waals surface area contributed by atoms with Crippen molar-refractivity contribution >= 4 is 40.6 Å². The molecule has 0 unspecified atom stereocenters. The van der Waals surface area contributed by atoms with Crippen molar-refractivity contribution < 1.29 is 9.18 Å². The number of aromatic nitrogens is 3. The first-order valence-electron chi connectivity index (χ1n) is 10.6. The van der Waals surface area contributed by atoms with E-state index in [2.05, 4.69) is 26.9 Å². The Morgan fingerprint density at radius 1 is 1.06 bits per heavy atom. The van der Waals surface area contributed by atoms with Gasteiger partial charge < -0.3 is 10.6 Å². The minimum atomic E-state index is -0.294. The van der Waals surface area contributed by atoms with Crippen molar-refractivity contribution in [2.45, 2.75) is 25.5 Å². The number of thioether (sulfide) groups is 1. The molecule has 0 saturated heterocycles. The van der Waals surface area contributed by atoms with Crippen LogP contribution in [0, 0.1) is 19.7 Å². The number of para-hydroxylation sites is 1. The van der Waals surface area contributed by atoms with E-state index in [0.29, 0.717) is 28.2 Å². The third kappa shape index (κ3) is 5.76. The van der Waals surface area contributed by atoms with E-state index in [1.807, 2.05) is 36.6 Å². The van der Waals surface area contributed by atoms with E-state index < -0.39 is 0 Å². The maximum Gasteiger partial charge on any atom is 0.234 e. The van der Waals surface area contributed by atoms with Gasteiger partial charge in [0.2, 0.25) is 5.91 Å². The molecule has 4 aromatic rings. The van der Waals surface area contributed by atoms with E-state index in [0.717, 1.165) is 22.5 Å². The first-order chi connectivity index (χ1) is 16.4. The zero-order valence-electron chi connectivity index (χ0n) is 18.7. The summed E-state index contributed by atoms with van der Waals surface area (Å²) in [5, 5.41) is 15.9. The molecule has 1 aromatic heterocycles. The van der Waals surface area contributed by atoms with Crippen molar-refractivity contribution in [3.05, 3.63) is 94.5 Å². The zero-order valence-corrected chi connectivity index (χ0v) is 20.3. The summed E-state index contributed by atoms with van der Waals surface area (Å²) in [6.45, 7) is 4.41. The van der Waals surface area contributed by atoms with E-state index >= 15 is 0 Å². The molecule has 0 radical (unpaired) electrons. The highest BCUT2D eigenvalue weighted by molar-refractivity contribution is 7.99. The lowest BCUT2D eigenvalue weighted by Gasteiger charge is -2.14. The Morgan fingerprint density at radius 2 is 1.82 bits per heavy atom. The number of aryl methyl sites for hydroxylation is 2. The topological polar surface area (TPSA) is 71.8 Å². The van der Waals surface area contributed by atoms with Gasteiger partial charge in [0.25, 0.3) is 0 Å². The van der Waals surface area contributed by atoms with Gasteiger partial charge in [-0.2, -0.15) is 0 Å². The lowest BCUT2D eigenvalue weighted by molar-refractivity contribution is -0.113. The van der Waals surface area contributed by atoms with Crippen LogP contribution in [0.5, 0.6) is 0 Å². The lowest BCUT2D eigenvalue weighted by atomic mass is 10.1. The highest BCUT2D eigenvalue weighted by atomic mass is 35.5. The predicted octanol–water partition coefficient (Wildman–Crippen LogP) is 6.02. The molecule has 3 aromatic carbocycles. The molecule has 0 aliphatic carbocycles. The quantitative estimate of drug-likeness (QED) is 0.292. The minimum absolute atomic E-state index is 0.139. The molecule has 0 aliphatic heterocycles. The van der Waals surface area contributed by atoms with Gasteiger partial charge in [0, 0.05) is 5.69 Å². The smallest absolute Gasteiger partial charge is 0.234 e. The van der Waals surface area contributed by atoms with Crippen LogP contribution in [-0.2, 0) is 11.3 Å². The molecule has 174 valence electrons. The van der Waals surface area contributed by atoms with Gasteiger partial charge in [-0.3, -0.25) is 9.36 Å². The number of benzene rings is 3. The summed E-state index contributed by atoms with van der Waals surface area (Å²) in [6.07, 6.45) is 0. The highest BCUT2D eigenvalue weighted by Gasteiger charge is 2.18. The number of halogens is 2. The molecule has 0 bridgehead atoms. The van der Waals surface area contributed by atoms with Gasteiger partial charge in [-0.05, 0) is 67.4 Å². The van der Waals surface area contributed by atoms with E-state index in [9.17, 15) is 9.18 Å². The second-order valence-corrected chi connectivity index (χ2v) is 9.05. The minimum Gasteiger partial charge on any atom is -0.378 e. The second kappa shape index (κ2) is 10.7. The summed E-state index contributed by atoms with van der Waals surface area (Å²) in [6, 6.07) is 19.4. The van der Waals surface area contributed by atoms with Gasteiger partial charge >= 0.3 is 0 Å². The van der Waals surface area contributed by atoms with Crippen molar-refractivity contribution in [2.75, 3.05) is 16.4 Å². The maximum absolute atomic E-state index is 13.2. The van der Waals surface area contributed by atoms with Crippen LogP contribution in [0.4, 0.5) is 15.8 Å². The number of nitrogens with zero attached hydrogens (tertiary/aromatic N) is 3. The predicted molar refractivity (Wildman–Crippen MR) is 135 cm³/mol. The van der Waals surface area contributed by atoms with Crippen LogP contribution in [0.3, 0.4) is 0 Å². The molecule has 0 atom stereocenters. The average molecular weight is 496 g/mol. The van der Waals surface area contributed by atoms with Crippen molar-refractivity contribution in [2.24, 2.45) is 0 Å². The van der Waals surface area contributed by atoms with Crippen LogP contribution in [-0.4, -0.2) is 26.4 Å². The van der Waals surface area contributed by atoms with Crippen LogP contribution in [0.1, 0.15) is 17.0 Å². The fourth-order valence-corrected chi connectivity index (χ4v) is 4.29. The summed E-state index contributed by atoms with van der Waals surface area (Å²) in [5.41, 5.74) is 4.42. The van der Waals surface area contributed by atoms with Crippen molar-refractivity contribution in [1.29, 1.82) is 0 Å². The number of carbonyl (C=O) groups is 1. The van der Waals surface area contributed by atoms with E-state index in [4.69, 9.17) is 11.6 Å². The Labute approximate surface area is 206 Å². The van der Waals surface area contributed by atoms with Crippen LogP contribution < -0.4 is 10.6 Å². The van der Waals surface area contributed by atoms with Crippen LogP contribution in [0.25, 0.3) is 5.69 Å². The lowest BCUT2D eigenvalue weighted by Crippen LogP contribution is -2.15. The van der Waals surface area contributed by atoms with Gasteiger partial charge in [-0.15, -0.1) is 10.2 Å². The van der Waals surface area contributed by atoms with Gasteiger partial charge in [-0.1, -0.05) is 47.6 Å². The number of carbonyl (C=O) groups excluding carboxylic acids is 1. The summed E-state index contributed by atoms with van der Waals surface area (Å²) in [5.74, 6) is 0.323. The third-order valence-corrected chi connectivity index (χ3v) is 6.34. The van der Waals surface area contributed by atoms with E-state index in [-0.39, 0.29) is 17.5 Å². The molecule has 6 nitrogen and oxygen atoms in total. The molecular formula is C25H23ClFN5OS. The standard InChI is InChI=1S/C25H23ClFN5OS/c1-16-7-8-17(2)22(13-16)32-23(14-28-19-11-9-18(27)10-12-19)30-31-25(32)34-15-24(33)29-21-6-4-3-5-20(21)26/h3-13,28H,14-15H2,1-2H3,(H,29,33). The zero-order chi connectivity index (χ0) is 24.1. The van der Waals surface area contributed by atoms with Gasteiger partial charge in [0.1, 0.15) is 5.82 Å². The van der Waals surface area contributed by atoms with Crippen molar-refractivity contribution in [3.8, 4) is 5.69 Å². The normalized spacial score (nSPS) is 10.8. The van der Waals surface area contributed by atoms with E-state index in [1.165, 1.54) is 23.9 Å². The molecular weight excluding hydrogens is 473 g/mol. The van der Waals surface area contributed by atoms with Gasteiger partial charge in [-0.25, -0.2) is 4.39 Å². The summed E-state index contributed by atoms with van der Waals surface area (Å²) < 4.78 is 15.2. The van der Waals surface area contributed by atoms with Crippen molar-refractivity contribution in [1.82, 2.24) is 14.8 Å². The van der Waals surface area contributed by atoms with Gasteiger partial charge in [0.05, 0.1) is 28.7 Å². The number of anilines is 2. The fourth-order valence-electron chi connectivity index (χ4n) is 3.34. The molecule has 9 heteroatoms. The molecule has 0 aliphatic rings. The summed E-state index contributed by atoms with van der Waals surface area (Å²) in [7, 11) is 0. The molecule has 1 heterocycles. The van der Waals surface area contributed by atoms with Crippen LogP contribution in [0.15, 0.2) is 71.9 Å². The van der Waals surface area contributed by atoms with Crippen LogP contribution >= 0.6 is 23.4 Å². The number of nitrogens with one attached hydrogen (secondary N) is 2. The Balaban J connectivity index is 1.56. The Bertz CT molecular complexity index is 1310. The number of rotatable bonds is 8. The van der Waals surface area contributed by atoms with E-state index in [1.54, 1.807) is 30.3 Å². The highest BCUT2D eigenvalue weighted by Crippen LogP contribution is 2.27. The molecule has 0 saturated carbocycles. The first-order valence-corrected chi connectivity index (χ1v) is 12.0. The fraction of sp³-hybridized carbons (Fsp3) is 0.160. The summed E-state index contributed by atoms with van der Waals surface area (Å²) >= 11 is 7.44. The third-order valence-electron chi connectivity index (χ3n) is 5.08. The largest absolute Gasteiger partial charge is 0.378 e. The number of hydrogen-bond acceptors (Lipinski definition) is 5. The Morgan fingerprint density at radius 3 is 2.59 bits per heavy atom. The molecule has 34 heavy (non-hydrogen) atoms. The Kier molecular flexibility index (Phi) is 7.49. The molecule has 2 N–H and O–H groups in total. The monoisotopic (exact) mass is 495 g/mol. The first kappa shape index (κ1) is 23.8. The maximum atomic E-state index is 13.2. The van der Waals surface area contributed by atoms with Gasteiger partial charge in [0.15, 0.2) is 11.0 Å². The number of amides is 1. The SMILES string of the molecule is Cc1ccc(C)c(-n2c(CNc3ccc(F)cc3)nnc2SCC(=O)Nc2ccccc2Cl)c1. The Hall–Kier alpha value is -3.36. The molecule has 0 fully saturated rings. The van der Waals surface area contributed by atoms with Crippen LogP contribution in [0.2, 0.25) is 5.02 Å². The average Bonchev–Trinajstić information content (AvgIpc) is 3.23. The molecule has 0 spiro atoms. The van der Waals surface area contributed by atoms with Crippen molar-refractivity contribution in [3.63, 3.8) is 0 Å². The molecule has 1 amide bonds. The summed E-state index contributed by atoms with van der Waals surface area (Å²) in [4.78, 5) is 12.6. The second-order valence-electron chi connectivity index (χ2n) is 7.70. The number of hydrogen-bond donors (Lipinski definition) is 2. The molecule has 4 rings (SSSR count).